The molecule has 39 heavy (non-hydrogen) atoms. The van der Waals surface area contributed by atoms with Crippen molar-refractivity contribution in [2.45, 2.75) is 19.6 Å². The third-order valence-electron chi connectivity index (χ3n) is 6.47. The Morgan fingerprint density at radius 1 is 0.462 bits per heavy atom. The Hall–Kier alpha value is -2.94. The second-order valence-electron chi connectivity index (χ2n) is 8.98. The van der Waals surface area contributed by atoms with Crippen LogP contribution < -0.4 is 9.80 Å². The van der Waals surface area contributed by atoms with Gasteiger partial charge in [0, 0.05) is 46.9 Å². The fraction of sp³-hybridized carbons (Fsp3) is 0.250. The molecular formula is C32H34N2O3S2. The van der Waals surface area contributed by atoms with E-state index in [1.165, 1.54) is 42.3 Å². The Labute approximate surface area is 240 Å². The molecule has 7 heteroatoms. The van der Waals surface area contributed by atoms with Gasteiger partial charge in [0.1, 0.15) is 0 Å². The Balaban J connectivity index is 0.000000160. The van der Waals surface area contributed by atoms with Gasteiger partial charge in [-0.3, -0.25) is 0 Å². The molecule has 2 aliphatic rings. The van der Waals surface area contributed by atoms with Crippen LogP contribution >= 0.6 is 23.5 Å². The zero-order chi connectivity index (χ0) is 26.9. The number of hydrogen-bond donors (Lipinski definition) is 0. The first-order valence-electron chi connectivity index (χ1n) is 13.1. The predicted molar refractivity (Wildman–Crippen MR) is 163 cm³/mol. The van der Waals surface area contributed by atoms with Gasteiger partial charge in [0.05, 0.1) is 49.2 Å². The summed E-state index contributed by atoms with van der Waals surface area (Å²) in [6.07, 6.45) is 0. The lowest BCUT2D eigenvalue weighted by Gasteiger charge is -2.32. The van der Waals surface area contributed by atoms with E-state index in [0.29, 0.717) is 19.8 Å². The van der Waals surface area contributed by atoms with Crippen molar-refractivity contribution in [1.82, 2.24) is 0 Å². The Bertz CT molecular complexity index is 1280. The average Bonchev–Trinajstić information content (AvgIpc) is 2.99. The minimum atomic E-state index is 0.641. The molecule has 0 bridgehead atoms. The SMILES string of the molecule is COCCN1c2ccccc2Sc2ccccc21.COCCOCCN1c2ccccc2Sc2ccccc21. The van der Waals surface area contributed by atoms with Crippen LogP contribution in [0.15, 0.2) is 117 Å². The maximum Gasteiger partial charge on any atom is 0.0701 e. The summed E-state index contributed by atoms with van der Waals surface area (Å²) in [5.74, 6) is 0. The molecule has 0 unspecified atom stereocenters. The lowest BCUT2D eigenvalue weighted by molar-refractivity contribution is 0.0746. The van der Waals surface area contributed by atoms with E-state index >= 15 is 0 Å². The van der Waals surface area contributed by atoms with E-state index < -0.39 is 0 Å². The Kier molecular flexibility index (Phi) is 9.86. The predicted octanol–water partition coefficient (Wildman–Crippen LogP) is 7.89. The first-order valence-corrected chi connectivity index (χ1v) is 14.8. The van der Waals surface area contributed by atoms with Gasteiger partial charge in [0.25, 0.3) is 0 Å². The third kappa shape index (κ3) is 6.62. The second-order valence-corrected chi connectivity index (χ2v) is 11.1. The zero-order valence-corrected chi connectivity index (χ0v) is 24.0. The molecule has 4 aromatic carbocycles. The number of anilines is 4. The van der Waals surface area contributed by atoms with Crippen molar-refractivity contribution in [2.75, 3.05) is 63.5 Å². The van der Waals surface area contributed by atoms with Crippen molar-refractivity contribution in [3.05, 3.63) is 97.1 Å². The van der Waals surface area contributed by atoms with Gasteiger partial charge in [-0.25, -0.2) is 0 Å². The molecule has 0 spiro atoms. The van der Waals surface area contributed by atoms with Gasteiger partial charge in [-0.15, -0.1) is 0 Å². The maximum absolute atomic E-state index is 5.63. The van der Waals surface area contributed by atoms with E-state index in [-0.39, 0.29) is 0 Å². The fourth-order valence-corrected chi connectivity index (χ4v) is 6.82. The monoisotopic (exact) mass is 558 g/mol. The molecule has 0 aromatic heterocycles. The summed E-state index contributed by atoms with van der Waals surface area (Å²) in [4.78, 5) is 9.90. The van der Waals surface area contributed by atoms with Crippen LogP contribution in [0.3, 0.4) is 0 Å². The van der Waals surface area contributed by atoms with Crippen LogP contribution in [0.4, 0.5) is 22.7 Å². The first-order chi connectivity index (χ1) is 19.3. The summed E-state index contributed by atoms with van der Waals surface area (Å²) in [5, 5.41) is 0. The van der Waals surface area contributed by atoms with Crippen LogP contribution in [0.2, 0.25) is 0 Å². The van der Waals surface area contributed by atoms with Gasteiger partial charge >= 0.3 is 0 Å². The normalized spacial score (nSPS) is 13.0. The largest absolute Gasteiger partial charge is 0.383 e. The quantitative estimate of drug-likeness (QED) is 0.193. The van der Waals surface area contributed by atoms with Crippen LogP contribution in [0.25, 0.3) is 0 Å². The van der Waals surface area contributed by atoms with Crippen molar-refractivity contribution in [3.63, 3.8) is 0 Å². The van der Waals surface area contributed by atoms with Crippen molar-refractivity contribution < 1.29 is 14.2 Å². The van der Waals surface area contributed by atoms with Gasteiger partial charge in [0.15, 0.2) is 0 Å². The van der Waals surface area contributed by atoms with Crippen LogP contribution in [0, 0.1) is 0 Å². The molecule has 0 amide bonds. The van der Waals surface area contributed by atoms with Gasteiger partial charge in [0.2, 0.25) is 0 Å². The number of benzene rings is 4. The fourth-order valence-electron chi connectivity index (χ4n) is 4.63. The third-order valence-corrected chi connectivity index (χ3v) is 8.73. The number of fused-ring (bicyclic) bond motifs is 4. The summed E-state index contributed by atoms with van der Waals surface area (Å²) in [5.41, 5.74) is 5.07. The van der Waals surface area contributed by atoms with E-state index in [1.807, 2.05) is 23.5 Å². The Morgan fingerprint density at radius 2 is 0.821 bits per heavy atom. The molecule has 0 saturated carbocycles. The number of methoxy groups -OCH3 is 2. The van der Waals surface area contributed by atoms with Crippen molar-refractivity contribution in [2.24, 2.45) is 0 Å². The molecule has 2 heterocycles. The number of para-hydroxylation sites is 4. The standard InChI is InChI=1S/C17H19NO2S.C15H15NOS/c1-19-12-13-20-11-10-18-14-6-2-4-8-16(14)21-17-9-5-3-7-15(17)18;1-17-11-10-16-12-6-2-4-8-14(12)18-15-9-5-3-7-13(15)16/h2-9H,10-13H2,1H3;2-9H,10-11H2,1H3. The maximum atomic E-state index is 5.63. The minimum Gasteiger partial charge on any atom is -0.383 e. The smallest absolute Gasteiger partial charge is 0.0701 e. The van der Waals surface area contributed by atoms with Crippen molar-refractivity contribution in [1.29, 1.82) is 0 Å². The van der Waals surface area contributed by atoms with Gasteiger partial charge in [-0.2, -0.15) is 0 Å². The number of hydrogen-bond acceptors (Lipinski definition) is 7. The second kappa shape index (κ2) is 13.9. The highest BCUT2D eigenvalue weighted by Gasteiger charge is 2.23. The number of nitrogens with zero attached hydrogens (tertiary/aromatic N) is 2. The minimum absolute atomic E-state index is 0.641. The number of ether oxygens (including phenoxy) is 3. The topological polar surface area (TPSA) is 34.2 Å². The molecule has 202 valence electrons. The molecule has 5 nitrogen and oxygen atoms in total. The summed E-state index contributed by atoms with van der Waals surface area (Å²) in [7, 11) is 3.44. The Morgan fingerprint density at radius 3 is 1.21 bits per heavy atom. The van der Waals surface area contributed by atoms with Gasteiger partial charge in [-0.1, -0.05) is 72.1 Å². The van der Waals surface area contributed by atoms with Crippen LogP contribution in [0.1, 0.15) is 0 Å². The molecule has 0 aliphatic carbocycles. The molecule has 0 N–H and O–H groups in total. The van der Waals surface area contributed by atoms with E-state index in [2.05, 4.69) is 107 Å². The molecule has 4 aromatic rings. The molecule has 0 saturated heterocycles. The lowest BCUT2D eigenvalue weighted by Crippen LogP contribution is -2.25. The van der Waals surface area contributed by atoms with E-state index in [0.717, 1.165) is 19.7 Å². The molecule has 0 fully saturated rings. The van der Waals surface area contributed by atoms with E-state index in [9.17, 15) is 0 Å². The highest BCUT2D eigenvalue weighted by molar-refractivity contribution is 8.00. The summed E-state index contributed by atoms with van der Waals surface area (Å²) in [6.45, 7) is 4.43. The molecular weight excluding hydrogens is 524 g/mol. The number of rotatable bonds is 9. The zero-order valence-electron chi connectivity index (χ0n) is 22.4. The highest BCUT2D eigenvalue weighted by atomic mass is 32.2. The first kappa shape index (κ1) is 27.6. The summed E-state index contributed by atoms with van der Waals surface area (Å²) >= 11 is 3.67. The molecule has 6 rings (SSSR count). The van der Waals surface area contributed by atoms with Crippen LogP contribution in [0.5, 0.6) is 0 Å². The molecule has 2 aliphatic heterocycles. The lowest BCUT2D eigenvalue weighted by atomic mass is 10.2. The van der Waals surface area contributed by atoms with Crippen molar-refractivity contribution >= 4 is 46.3 Å². The van der Waals surface area contributed by atoms with E-state index in [4.69, 9.17) is 14.2 Å². The van der Waals surface area contributed by atoms with Gasteiger partial charge < -0.3 is 24.0 Å². The van der Waals surface area contributed by atoms with Crippen molar-refractivity contribution in [3.8, 4) is 0 Å². The van der Waals surface area contributed by atoms with Gasteiger partial charge in [-0.05, 0) is 48.5 Å². The average molecular weight is 559 g/mol. The molecule has 0 radical (unpaired) electrons. The molecule has 0 atom stereocenters. The van der Waals surface area contributed by atoms with E-state index in [1.54, 1.807) is 14.2 Å². The summed E-state index contributed by atoms with van der Waals surface area (Å²) < 4.78 is 15.9. The highest BCUT2D eigenvalue weighted by Crippen LogP contribution is 2.48. The van der Waals surface area contributed by atoms with Crippen LogP contribution in [-0.2, 0) is 14.2 Å². The summed E-state index contributed by atoms with van der Waals surface area (Å²) in [6, 6.07) is 34.1. The van der Waals surface area contributed by atoms with Crippen LogP contribution in [-0.4, -0.2) is 53.7 Å².